The lowest BCUT2D eigenvalue weighted by atomic mass is 10.1. The Balaban J connectivity index is 4.26. The van der Waals surface area contributed by atoms with E-state index in [4.69, 9.17) is 9.47 Å². The van der Waals surface area contributed by atoms with Gasteiger partial charge in [0.25, 0.3) is 0 Å². The van der Waals surface area contributed by atoms with Crippen LogP contribution in [0.3, 0.4) is 0 Å². The summed E-state index contributed by atoms with van der Waals surface area (Å²) in [4.78, 5) is 0. The van der Waals surface area contributed by atoms with Crippen molar-refractivity contribution < 1.29 is 9.47 Å². The zero-order valence-electron chi connectivity index (χ0n) is 11.4. The molecule has 0 aliphatic heterocycles. The van der Waals surface area contributed by atoms with E-state index in [1.54, 1.807) is 0 Å². The average molecular weight is 226 g/mol. The van der Waals surface area contributed by atoms with Crippen molar-refractivity contribution in [3.63, 3.8) is 0 Å². The topological polar surface area (TPSA) is 18.5 Å². The summed E-state index contributed by atoms with van der Waals surface area (Å²) in [6.45, 7) is 12.4. The largest absolute Gasteiger partial charge is 0.496 e. The van der Waals surface area contributed by atoms with Gasteiger partial charge in [0.05, 0.1) is 6.61 Å². The maximum Gasteiger partial charge on any atom is 0.121 e. The Bertz CT molecular complexity index is 235. The number of rotatable bonds is 8. The molecule has 0 aliphatic rings. The summed E-state index contributed by atoms with van der Waals surface area (Å²) in [6, 6.07) is 0. The van der Waals surface area contributed by atoms with Crippen LogP contribution in [0.4, 0.5) is 0 Å². The zero-order chi connectivity index (χ0) is 12.4. The molecule has 0 saturated carbocycles. The average Bonchev–Trinajstić information content (AvgIpc) is 2.23. The molecular weight excluding hydrogens is 200 g/mol. The highest BCUT2D eigenvalue weighted by molar-refractivity contribution is 5.08. The lowest BCUT2D eigenvalue weighted by Gasteiger charge is -2.12. The third-order valence-electron chi connectivity index (χ3n) is 2.30. The highest BCUT2D eigenvalue weighted by Gasteiger charge is 2.03. The molecule has 0 saturated heterocycles. The van der Waals surface area contributed by atoms with Crippen molar-refractivity contribution >= 4 is 0 Å². The molecule has 0 spiro atoms. The van der Waals surface area contributed by atoms with Gasteiger partial charge in [0.1, 0.15) is 12.4 Å². The first-order valence-electron chi connectivity index (χ1n) is 6.14. The standard InChI is InChI=1S/C14H26O2/c1-6-15-11-14(16-7-2)13(5)10-8-9-12(3)4/h9H,6-8,10-11H2,1-5H3/b14-13-. The van der Waals surface area contributed by atoms with Crippen LogP contribution in [0.15, 0.2) is 23.0 Å². The van der Waals surface area contributed by atoms with E-state index < -0.39 is 0 Å². The van der Waals surface area contributed by atoms with Crippen LogP contribution < -0.4 is 0 Å². The highest BCUT2D eigenvalue weighted by Crippen LogP contribution is 2.13. The van der Waals surface area contributed by atoms with Crippen LogP contribution in [0.2, 0.25) is 0 Å². The van der Waals surface area contributed by atoms with E-state index in [0.717, 1.165) is 25.2 Å². The van der Waals surface area contributed by atoms with Gasteiger partial charge >= 0.3 is 0 Å². The van der Waals surface area contributed by atoms with Crippen molar-refractivity contribution in [3.05, 3.63) is 23.0 Å². The molecule has 0 radical (unpaired) electrons. The maximum absolute atomic E-state index is 5.60. The number of hydrogen-bond donors (Lipinski definition) is 0. The van der Waals surface area contributed by atoms with E-state index in [9.17, 15) is 0 Å². The Morgan fingerprint density at radius 1 is 1.06 bits per heavy atom. The molecule has 0 heterocycles. The van der Waals surface area contributed by atoms with E-state index >= 15 is 0 Å². The molecule has 0 aromatic rings. The van der Waals surface area contributed by atoms with Gasteiger partial charge in [-0.25, -0.2) is 0 Å². The number of hydrogen-bond acceptors (Lipinski definition) is 2. The van der Waals surface area contributed by atoms with Crippen LogP contribution >= 0.6 is 0 Å². The molecule has 0 aliphatic carbocycles. The van der Waals surface area contributed by atoms with Gasteiger partial charge in [-0.2, -0.15) is 0 Å². The van der Waals surface area contributed by atoms with Gasteiger partial charge in [-0.05, 0) is 53.0 Å². The monoisotopic (exact) mass is 226 g/mol. The predicted octanol–water partition coefficient (Wildman–Crippen LogP) is 4.08. The van der Waals surface area contributed by atoms with Gasteiger partial charge in [-0.15, -0.1) is 0 Å². The molecule has 2 heteroatoms. The minimum Gasteiger partial charge on any atom is -0.496 e. The molecule has 0 amide bonds. The van der Waals surface area contributed by atoms with Crippen molar-refractivity contribution in [3.8, 4) is 0 Å². The number of allylic oxidation sites excluding steroid dienone is 3. The first kappa shape index (κ1) is 15.2. The predicted molar refractivity (Wildman–Crippen MR) is 69.5 cm³/mol. The molecule has 16 heavy (non-hydrogen) atoms. The van der Waals surface area contributed by atoms with Gasteiger partial charge in [0.15, 0.2) is 0 Å². The van der Waals surface area contributed by atoms with Crippen molar-refractivity contribution in [2.24, 2.45) is 0 Å². The van der Waals surface area contributed by atoms with E-state index in [-0.39, 0.29) is 0 Å². The third-order valence-corrected chi connectivity index (χ3v) is 2.30. The SMILES string of the molecule is CCOC/C(OCC)=C(\C)CCC=C(C)C. The smallest absolute Gasteiger partial charge is 0.121 e. The Kier molecular flexibility index (Phi) is 9.02. The molecule has 0 N–H and O–H groups in total. The fraction of sp³-hybridized carbons (Fsp3) is 0.714. The minimum absolute atomic E-state index is 0.602. The minimum atomic E-state index is 0.602. The zero-order valence-corrected chi connectivity index (χ0v) is 11.4. The molecule has 0 bridgehead atoms. The molecule has 0 unspecified atom stereocenters. The van der Waals surface area contributed by atoms with Crippen LogP contribution in [-0.4, -0.2) is 19.8 Å². The normalized spacial score (nSPS) is 12.1. The summed E-state index contributed by atoms with van der Waals surface area (Å²) < 4.78 is 11.0. The molecular formula is C14H26O2. The van der Waals surface area contributed by atoms with Gasteiger partial charge in [-0.1, -0.05) is 11.6 Å². The first-order chi connectivity index (χ1) is 7.61. The molecule has 94 valence electrons. The van der Waals surface area contributed by atoms with E-state index in [0.29, 0.717) is 13.2 Å². The van der Waals surface area contributed by atoms with Gasteiger partial charge in [0.2, 0.25) is 0 Å². The second kappa shape index (κ2) is 9.46. The van der Waals surface area contributed by atoms with Crippen LogP contribution in [0.5, 0.6) is 0 Å². The quantitative estimate of drug-likeness (QED) is 0.458. The molecule has 0 rings (SSSR count). The van der Waals surface area contributed by atoms with Crippen molar-refractivity contribution in [1.82, 2.24) is 0 Å². The summed E-state index contributed by atoms with van der Waals surface area (Å²) in [7, 11) is 0. The van der Waals surface area contributed by atoms with Gasteiger partial charge < -0.3 is 9.47 Å². The van der Waals surface area contributed by atoms with Crippen LogP contribution in [-0.2, 0) is 9.47 Å². The van der Waals surface area contributed by atoms with Crippen LogP contribution in [0.1, 0.15) is 47.5 Å². The summed E-state index contributed by atoms with van der Waals surface area (Å²) in [5.74, 6) is 1.01. The third kappa shape index (κ3) is 7.52. The van der Waals surface area contributed by atoms with E-state index in [1.165, 1.54) is 11.1 Å². The Morgan fingerprint density at radius 3 is 2.25 bits per heavy atom. The van der Waals surface area contributed by atoms with E-state index in [1.807, 2.05) is 13.8 Å². The Morgan fingerprint density at radius 2 is 1.75 bits per heavy atom. The molecule has 0 aromatic carbocycles. The Hall–Kier alpha value is -0.760. The van der Waals surface area contributed by atoms with E-state index in [2.05, 4.69) is 26.8 Å². The highest BCUT2D eigenvalue weighted by atomic mass is 16.5. The van der Waals surface area contributed by atoms with Crippen molar-refractivity contribution in [2.45, 2.75) is 47.5 Å². The number of ether oxygens (including phenoxy) is 2. The summed E-state index contributed by atoms with van der Waals surface area (Å²) in [5.41, 5.74) is 2.67. The lowest BCUT2D eigenvalue weighted by molar-refractivity contribution is 0.107. The van der Waals surface area contributed by atoms with Crippen LogP contribution in [0, 0.1) is 0 Å². The van der Waals surface area contributed by atoms with Gasteiger partial charge in [-0.3, -0.25) is 0 Å². The summed E-state index contributed by atoms with van der Waals surface area (Å²) in [5, 5.41) is 0. The molecule has 0 aromatic heterocycles. The molecule has 2 nitrogen and oxygen atoms in total. The van der Waals surface area contributed by atoms with Crippen LogP contribution in [0.25, 0.3) is 0 Å². The summed E-state index contributed by atoms with van der Waals surface area (Å²) >= 11 is 0. The fourth-order valence-electron chi connectivity index (χ4n) is 1.37. The van der Waals surface area contributed by atoms with Crippen molar-refractivity contribution in [1.29, 1.82) is 0 Å². The second-order valence-corrected chi connectivity index (χ2v) is 4.09. The first-order valence-corrected chi connectivity index (χ1v) is 6.14. The van der Waals surface area contributed by atoms with Gasteiger partial charge in [0, 0.05) is 6.61 Å². The second-order valence-electron chi connectivity index (χ2n) is 4.09. The van der Waals surface area contributed by atoms with Crippen molar-refractivity contribution in [2.75, 3.05) is 19.8 Å². The fourth-order valence-corrected chi connectivity index (χ4v) is 1.37. The lowest BCUT2D eigenvalue weighted by Crippen LogP contribution is -2.05. The molecule has 0 atom stereocenters. The summed E-state index contributed by atoms with van der Waals surface area (Å²) in [6.07, 6.45) is 4.39. The Labute approximate surface area is 100 Å². The molecule has 0 fully saturated rings. The maximum atomic E-state index is 5.60.